The molecule has 0 aromatic carbocycles. The zero-order chi connectivity index (χ0) is 25.6. The summed E-state index contributed by atoms with van der Waals surface area (Å²) in [7, 11) is 11.0. The molecular weight excluding hydrogens is 430 g/mol. The van der Waals surface area contributed by atoms with Gasteiger partial charge in [-0.05, 0) is 165 Å². The number of rotatable bonds is 0. The predicted molar refractivity (Wildman–Crippen MR) is 157 cm³/mol. The molecule has 0 bridgehead atoms. The van der Waals surface area contributed by atoms with Crippen molar-refractivity contribution in [3.8, 4) is 0 Å². The molecule has 5 aliphatic heterocycles. The van der Waals surface area contributed by atoms with Gasteiger partial charge in [-0.15, -0.1) is 0 Å². The Balaban J connectivity index is 0.000000219. The lowest BCUT2D eigenvalue weighted by atomic mass is 10.1. The summed E-state index contributed by atoms with van der Waals surface area (Å²) >= 11 is 0. The van der Waals surface area contributed by atoms with Crippen LogP contribution in [0, 0.1) is 0 Å². The molecule has 0 aromatic heterocycles. The van der Waals surface area contributed by atoms with Gasteiger partial charge in [0.2, 0.25) is 0 Å². The molecule has 35 heavy (non-hydrogen) atoms. The molecule has 0 spiro atoms. The molecule has 210 valence electrons. The van der Waals surface area contributed by atoms with Crippen molar-refractivity contribution in [3.05, 3.63) is 0 Å². The number of hydrogen-bond donors (Lipinski definition) is 0. The summed E-state index contributed by atoms with van der Waals surface area (Å²) < 4.78 is 0. The van der Waals surface area contributed by atoms with Crippen LogP contribution < -0.4 is 0 Å². The van der Waals surface area contributed by atoms with E-state index >= 15 is 0 Å². The second-order valence-electron chi connectivity index (χ2n) is 11.8. The van der Waals surface area contributed by atoms with Crippen LogP contribution in [0.3, 0.4) is 0 Å². The second kappa shape index (κ2) is 23.0. The van der Waals surface area contributed by atoms with Crippen LogP contribution in [0.5, 0.6) is 0 Å². The molecule has 5 heteroatoms. The third kappa shape index (κ3) is 21.6. The lowest BCUT2D eigenvalue weighted by Crippen LogP contribution is -2.24. The first kappa shape index (κ1) is 32.8. The Hall–Kier alpha value is -0.200. The molecule has 0 atom stereocenters. The predicted octanol–water partition coefficient (Wildman–Crippen LogP) is 5.51. The van der Waals surface area contributed by atoms with Crippen molar-refractivity contribution in [3.63, 3.8) is 0 Å². The van der Waals surface area contributed by atoms with Gasteiger partial charge in [0, 0.05) is 0 Å². The Labute approximate surface area is 221 Å². The Morgan fingerprint density at radius 3 is 0.457 bits per heavy atom. The third-order valence-electron chi connectivity index (χ3n) is 7.90. The standard InChI is InChI=1S/C7H15N.3C6H13N.C5H11N/c1-8-6-4-2-3-5-7-8;3*1-7-5-3-2-4-6-7;1-6-4-2-3-5-6/h2-7H2,1H3;3*2-6H2,1H3;2-5H2,1H3. The van der Waals surface area contributed by atoms with E-state index in [1.807, 2.05) is 0 Å². The normalized spacial score (nSPS) is 25.3. The molecule has 0 aliphatic carbocycles. The second-order valence-corrected chi connectivity index (χ2v) is 11.8. The fourth-order valence-electron chi connectivity index (χ4n) is 5.26. The smallest absolute Gasteiger partial charge is 0.00213 e. The van der Waals surface area contributed by atoms with E-state index in [0.29, 0.717) is 0 Å². The zero-order valence-corrected chi connectivity index (χ0v) is 24.9. The highest BCUT2D eigenvalue weighted by atomic mass is 15.1. The summed E-state index contributed by atoms with van der Waals surface area (Å²) in [6.07, 6.45) is 21.4. The van der Waals surface area contributed by atoms with Crippen molar-refractivity contribution in [1.29, 1.82) is 0 Å². The van der Waals surface area contributed by atoms with Crippen LogP contribution in [0.2, 0.25) is 0 Å². The summed E-state index contributed by atoms with van der Waals surface area (Å²) in [6.45, 7) is 13.2. The van der Waals surface area contributed by atoms with Gasteiger partial charge in [0.05, 0.1) is 0 Å². The Bertz CT molecular complexity index is 376. The van der Waals surface area contributed by atoms with Gasteiger partial charge in [-0.3, -0.25) is 0 Å². The molecule has 0 aromatic rings. The number of hydrogen-bond acceptors (Lipinski definition) is 5. The largest absolute Gasteiger partial charge is 0.306 e. The SMILES string of the molecule is CN1CCCC1.CN1CCCCC1.CN1CCCCC1.CN1CCCCC1.CN1CCCCCC1. The molecule has 5 aliphatic rings. The van der Waals surface area contributed by atoms with Crippen LogP contribution in [0.25, 0.3) is 0 Å². The van der Waals surface area contributed by atoms with E-state index in [2.05, 4.69) is 59.7 Å². The first-order valence-corrected chi connectivity index (χ1v) is 15.4. The van der Waals surface area contributed by atoms with Crippen molar-refractivity contribution < 1.29 is 0 Å². The maximum atomic E-state index is 2.42. The molecule has 0 amide bonds. The average molecular weight is 496 g/mol. The molecule has 5 nitrogen and oxygen atoms in total. The monoisotopic (exact) mass is 496 g/mol. The van der Waals surface area contributed by atoms with E-state index in [1.54, 1.807) is 0 Å². The van der Waals surface area contributed by atoms with Crippen molar-refractivity contribution in [1.82, 2.24) is 24.5 Å². The van der Waals surface area contributed by atoms with Gasteiger partial charge in [0.1, 0.15) is 0 Å². The summed E-state index contributed by atoms with van der Waals surface area (Å²) in [4.78, 5) is 12.0. The van der Waals surface area contributed by atoms with Crippen LogP contribution in [0.15, 0.2) is 0 Å². The van der Waals surface area contributed by atoms with Crippen molar-refractivity contribution >= 4 is 0 Å². The molecule has 5 saturated heterocycles. The van der Waals surface area contributed by atoms with E-state index in [0.717, 1.165) is 0 Å². The van der Waals surface area contributed by atoms with Crippen molar-refractivity contribution in [2.24, 2.45) is 0 Å². The molecule has 5 rings (SSSR count). The maximum absolute atomic E-state index is 2.42. The lowest BCUT2D eigenvalue weighted by Gasteiger charge is -2.20. The minimum atomic E-state index is 1.32. The van der Waals surface area contributed by atoms with Gasteiger partial charge in [0.25, 0.3) is 0 Å². The maximum Gasteiger partial charge on any atom is -0.00213 e. The number of likely N-dealkylation sites (tertiary alicyclic amines) is 5. The summed E-state index contributed by atoms with van der Waals surface area (Å²) in [5.74, 6) is 0. The quantitative estimate of drug-likeness (QED) is 0.439. The molecule has 0 unspecified atom stereocenters. The summed E-state index contributed by atoms with van der Waals surface area (Å²) in [5.41, 5.74) is 0. The van der Waals surface area contributed by atoms with E-state index in [1.165, 1.54) is 162 Å². The Morgan fingerprint density at radius 2 is 0.314 bits per heavy atom. The van der Waals surface area contributed by atoms with Crippen LogP contribution in [-0.2, 0) is 0 Å². The van der Waals surface area contributed by atoms with E-state index in [9.17, 15) is 0 Å². The topological polar surface area (TPSA) is 16.2 Å². The van der Waals surface area contributed by atoms with Gasteiger partial charge in [-0.2, -0.15) is 0 Å². The van der Waals surface area contributed by atoms with E-state index in [-0.39, 0.29) is 0 Å². The van der Waals surface area contributed by atoms with Crippen LogP contribution in [0.4, 0.5) is 0 Å². The molecule has 0 radical (unpaired) electrons. The van der Waals surface area contributed by atoms with Gasteiger partial charge >= 0.3 is 0 Å². The molecule has 5 heterocycles. The van der Waals surface area contributed by atoms with Crippen LogP contribution in [0.1, 0.15) is 96.3 Å². The van der Waals surface area contributed by atoms with Crippen molar-refractivity contribution in [2.75, 3.05) is 101 Å². The minimum absolute atomic E-state index is 1.32. The summed E-state index contributed by atoms with van der Waals surface area (Å²) in [6, 6.07) is 0. The third-order valence-corrected chi connectivity index (χ3v) is 7.90. The fraction of sp³-hybridized carbons (Fsp3) is 1.00. The van der Waals surface area contributed by atoms with Crippen LogP contribution in [-0.4, -0.2) is 125 Å². The summed E-state index contributed by atoms with van der Waals surface area (Å²) in [5, 5.41) is 0. The van der Waals surface area contributed by atoms with Crippen LogP contribution >= 0.6 is 0 Å². The minimum Gasteiger partial charge on any atom is -0.306 e. The highest BCUT2D eigenvalue weighted by Gasteiger charge is 2.05. The first-order valence-electron chi connectivity index (χ1n) is 15.4. The van der Waals surface area contributed by atoms with Gasteiger partial charge in [-0.1, -0.05) is 32.1 Å². The zero-order valence-electron chi connectivity index (χ0n) is 24.9. The lowest BCUT2D eigenvalue weighted by molar-refractivity contribution is 0.277. The fourth-order valence-corrected chi connectivity index (χ4v) is 5.26. The van der Waals surface area contributed by atoms with Gasteiger partial charge in [0.15, 0.2) is 0 Å². The molecule has 0 saturated carbocycles. The Morgan fingerprint density at radius 1 is 0.200 bits per heavy atom. The van der Waals surface area contributed by atoms with E-state index < -0.39 is 0 Å². The highest BCUT2D eigenvalue weighted by Crippen LogP contribution is 2.07. The first-order chi connectivity index (χ1) is 17.0. The average Bonchev–Trinajstić information content (AvgIpc) is 3.22. The van der Waals surface area contributed by atoms with E-state index in [4.69, 9.17) is 0 Å². The molecule has 5 fully saturated rings. The van der Waals surface area contributed by atoms with Gasteiger partial charge in [-0.25, -0.2) is 0 Å². The molecular formula is C30H65N5. The van der Waals surface area contributed by atoms with Crippen molar-refractivity contribution in [2.45, 2.75) is 96.3 Å². The number of piperidine rings is 3. The highest BCUT2D eigenvalue weighted by molar-refractivity contribution is 4.61. The Kier molecular flexibility index (Phi) is 21.5. The van der Waals surface area contributed by atoms with Gasteiger partial charge < -0.3 is 24.5 Å². The number of nitrogens with zero attached hydrogens (tertiary/aromatic N) is 5. The molecule has 0 N–H and O–H groups in total.